The number of aromatic nitrogens is 2. The van der Waals surface area contributed by atoms with Gasteiger partial charge in [0.1, 0.15) is 11.9 Å². The Morgan fingerprint density at radius 2 is 2.10 bits per heavy atom. The predicted octanol–water partition coefficient (Wildman–Crippen LogP) is 0.761. The SMILES string of the molecule is Cn1ccnc1CCNC(=O)N[C@H](C(=O)O)C(C)(C)C. The Hall–Kier alpha value is -2.05. The van der Waals surface area contributed by atoms with E-state index < -0.39 is 23.5 Å². The molecule has 0 fully saturated rings. The van der Waals surface area contributed by atoms with Crippen molar-refractivity contribution in [3.63, 3.8) is 0 Å². The van der Waals surface area contributed by atoms with Crippen molar-refractivity contribution >= 4 is 12.0 Å². The molecule has 0 aliphatic heterocycles. The molecule has 2 amide bonds. The van der Waals surface area contributed by atoms with Crippen LogP contribution in [0.1, 0.15) is 26.6 Å². The summed E-state index contributed by atoms with van der Waals surface area (Å²) in [6.45, 7) is 5.69. The first kappa shape index (κ1) is 16.0. The monoisotopic (exact) mass is 282 g/mol. The first-order valence-corrected chi connectivity index (χ1v) is 6.45. The Balaban J connectivity index is 2.43. The third-order valence-corrected chi connectivity index (χ3v) is 2.94. The maximum atomic E-state index is 11.7. The molecule has 0 aliphatic carbocycles. The average molecular weight is 282 g/mol. The van der Waals surface area contributed by atoms with Gasteiger partial charge in [-0.2, -0.15) is 0 Å². The van der Waals surface area contributed by atoms with Crippen molar-refractivity contribution in [2.45, 2.75) is 33.2 Å². The van der Waals surface area contributed by atoms with E-state index in [1.807, 2.05) is 17.8 Å². The summed E-state index contributed by atoms with van der Waals surface area (Å²) in [7, 11) is 1.88. The van der Waals surface area contributed by atoms with E-state index in [4.69, 9.17) is 5.11 Å². The van der Waals surface area contributed by atoms with E-state index in [1.54, 1.807) is 27.0 Å². The number of carbonyl (C=O) groups excluding carboxylic acids is 1. The fourth-order valence-corrected chi connectivity index (χ4v) is 1.76. The van der Waals surface area contributed by atoms with Crippen LogP contribution in [0.4, 0.5) is 4.79 Å². The molecule has 3 N–H and O–H groups in total. The standard InChI is InChI=1S/C13H22N4O3/c1-13(2,3)10(11(18)19)16-12(20)15-6-5-9-14-7-8-17(9)4/h7-8,10H,5-6H2,1-4H3,(H,18,19)(H2,15,16,20)/t10-/m1/s1. The van der Waals surface area contributed by atoms with E-state index in [1.165, 1.54) is 0 Å². The van der Waals surface area contributed by atoms with Crippen molar-refractivity contribution in [1.82, 2.24) is 20.2 Å². The summed E-state index contributed by atoms with van der Waals surface area (Å²) in [6.07, 6.45) is 4.11. The van der Waals surface area contributed by atoms with Crippen LogP contribution in [0, 0.1) is 5.41 Å². The second-order valence-corrected chi connectivity index (χ2v) is 5.74. The molecule has 0 unspecified atom stereocenters. The van der Waals surface area contributed by atoms with Crippen LogP contribution in [-0.2, 0) is 18.3 Å². The zero-order valence-electron chi connectivity index (χ0n) is 12.3. The molecule has 0 radical (unpaired) electrons. The number of nitrogens with zero attached hydrogens (tertiary/aromatic N) is 2. The molecule has 0 saturated heterocycles. The number of aliphatic carboxylic acids is 1. The van der Waals surface area contributed by atoms with Crippen molar-refractivity contribution in [1.29, 1.82) is 0 Å². The quantitative estimate of drug-likeness (QED) is 0.743. The minimum Gasteiger partial charge on any atom is -0.480 e. The highest BCUT2D eigenvalue weighted by atomic mass is 16.4. The molecule has 112 valence electrons. The first-order chi connectivity index (χ1) is 9.21. The molecule has 7 heteroatoms. The number of aryl methyl sites for hydroxylation is 1. The van der Waals surface area contributed by atoms with Gasteiger partial charge in [-0.15, -0.1) is 0 Å². The lowest BCUT2D eigenvalue weighted by molar-refractivity contribution is -0.141. The number of urea groups is 1. The number of rotatable bonds is 5. The lowest BCUT2D eigenvalue weighted by Crippen LogP contribution is -2.52. The number of hydrogen-bond acceptors (Lipinski definition) is 3. The van der Waals surface area contributed by atoms with Gasteiger partial charge in [0.2, 0.25) is 0 Å². The van der Waals surface area contributed by atoms with Gasteiger partial charge in [-0.25, -0.2) is 14.6 Å². The first-order valence-electron chi connectivity index (χ1n) is 6.45. The molecular weight excluding hydrogens is 260 g/mol. The molecule has 1 aromatic rings. The number of amides is 2. The minimum absolute atomic E-state index is 0.396. The third kappa shape index (κ3) is 4.56. The van der Waals surface area contributed by atoms with Crippen LogP contribution in [0.15, 0.2) is 12.4 Å². The maximum Gasteiger partial charge on any atom is 0.326 e. The fourth-order valence-electron chi connectivity index (χ4n) is 1.76. The molecule has 0 saturated carbocycles. The van der Waals surface area contributed by atoms with Crippen LogP contribution in [-0.4, -0.2) is 39.2 Å². The molecule has 0 aromatic carbocycles. The largest absolute Gasteiger partial charge is 0.480 e. The van der Waals surface area contributed by atoms with Crippen molar-refractivity contribution in [3.8, 4) is 0 Å². The molecule has 7 nitrogen and oxygen atoms in total. The molecule has 0 bridgehead atoms. The molecule has 0 aliphatic rings. The van der Waals surface area contributed by atoms with E-state index in [9.17, 15) is 9.59 Å². The number of carboxylic acids is 1. The Morgan fingerprint density at radius 1 is 1.45 bits per heavy atom. The van der Waals surface area contributed by atoms with Crippen LogP contribution in [0.25, 0.3) is 0 Å². The predicted molar refractivity (Wildman–Crippen MR) is 74.3 cm³/mol. The molecule has 0 spiro atoms. The summed E-state index contributed by atoms with van der Waals surface area (Å²) in [6, 6.07) is -1.42. The lowest BCUT2D eigenvalue weighted by Gasteiger charge is -2.27. The lowest BCUT2D eigenvalue weighted by atomic mass is 9.87. The summed E-state index contributed by atoms with van der Waals surface area (Å²) in [5.41, 5.74) is -0.553. The van der Waals surface area contributed by atoms with E-state index in [0.717, 1.165) is 5.82 Å². The van der Waals surface area contributed by atoms with Gasteiger partial charge in [0.25, 0.3) is 0 Å². The third-order valence-electron chi connectivity index (χ3n) is 2.94. The van der Waals surface area contributed by atoms with Gasteiger partial charge in [0.15, 0.2) is 0 Å². The van der Waals surface area contributed by atoms with Crippen molar-refractivity contribution in [2.75, 3.05) is 6.54 Å². The van der Waals surface area contributed by atoms with Crippen molar-refractivity contribution in [2.24, 2.45) is 12.5 Å². The normalized spacial score (nSPS) is 12.8. The Bertz CT molecular complexity index is 476. The smallest absolute Gasteiger partial charge is 0.326 e. The van der Waals surface area contributed by atoms with E-state index in [-0.39, 0.29) is 0 Å². The molecule has 1 heterocycles. The summed E-state index contributed by atoms with van der Waals surface area (Å²) >= 11 is 0. The topological polar surface area (TPSA) is 96.3 Å². The van der Waals surface area contributed by atoms with E-state index in [0.29, 0.717) is 13.0 Å². The molecule has 1 aromatic heterocycles. The molecule has 1 rings (SSSR count). The Kier molecular flexibility index (Phi) is 5.12. The van der Waals surface area contributed by atoms with Crippen LogP contribution in [0.5, 0.6) is 0 Å². The van der Waals surface area contributed by atoms with E-state index >= 15 is 0 Å². The summed E-state index contributed by atoms with van der Waals surface area (Å²) in [5.74, 6) is -0.187. The second kappa shape index (κ2) is 6.40. The van der Waals surface area contributed by atoms with Gasteiger partial charge in [-0.3, -0.25) is 0 Å². The van der Waals surface area contributed by atoms with Crippen LogP contribution < -0.4 is 10.6 Å². The zero-order chi connectivity index (χ0) is 15.3. The number of hydrogen-bond donors (Lipinski definition) is 3. The fraction of sp³-hybridized carbons (Fsp3) is 0.615. The van der Waals surface area contributed by atoms with Crippen LogP contribution >= 0.6 is 0 Å². The van der Waals surface area contributed by atoms with Crippen molar-refractivity contribution < 1.29 is 14.7 Å². The number of carbonyl (C=O) groups is 2. The summed E-state index contributed by atoms with van der Waals surface area (Å²) in [4.78, 5) is 27.0. The summed E-state index contributed by atoms with van der Waals surface area (Å²) < 4.78 is 1.87. The molecule has 20 heavy (non-hydrogen) atoms. The highest BCUT2D eigenvalue weighted by molar-refractivity contribution is 5.83. The number of imidazole rings is 1. The number of carboxylic acid groups (broad SMARTS) is 1. The second-order valence-electron chi connectivity index (χ2n) is 5.74. The van der Waals surface area contributed by atoms with Gasteiger partial charge in [-0.1, -0.05) is 20.8 Å². The molecule has 1 atom stereocenters. The Morgan fingerprint density at radius 3 is 2.55 bits per heavy atom. The Labute approximate surface area is 118 Å². The average Bonchev–Trinajstić information content (AvgIpc) is 2.70. The van der Waals surface area contributed by atoms with Gasteiger partial charge in [-0.05, 0) is 5.41 Å². The van der Waals surface area contributed by atoms with Crippen molar-refractivity contribution in [3.05, 3.63) is 18.2 Å². The van der Waals surface area contributed by atoms with Gasteiger partial charge < -0.3 is 20.3 Å². The number of nitrogens with one attached hydrogen (secondary N) is 2. The van der Waals surface area contributed by atoms with Crippen LogP contribution in [0.2, 0.25) is 0 Å². The zero-order valence-corrected chi connectivity index (χ0v) is 12.3. The highest BCUT2D eigenvalue weighted by Crippen LogP contribution is 2.19. The molecular formula is C13H22N4O3. The van der Waals surface area contributed by atoms with E-state index in [2.05, 4.69) is 15.6 Å². The summed E-state index contributed by atoms with van der Waals surface area (Å²) in [5, 5.41) is 14.2. The van der Waals surface area contributed by atoms with Gasteiger partial charge in [0, 0.05) is 32.4 Å². The van der Waals surface area contributed by atoms with Crippen LogP contribution in [0.3, 0.4) is 0 Å². The van der Waals surface area contributed by atoms with Gasteiger partial charge in [0.05, 0.1) is 0 Å². The van der Waals surface area contributed by atoms with Gasteiger partial charge >= 0.3 is 12.0 Å². The minimum atomic E-state index is -1.04. The maximum absolute atomic E-state index is 11.7. The highest BCUT2D eigenvalue weighted by Gasteiger charge is 2.32.